The number of ether oxygens (including phenoxy) is 1. The van der Waals surface area contributed by atoms with Gasteiger partial charge in [-0.05, 0) is 50.6 Å². The Morgan fingerprint density at radius 2 is 2.21 bits per heavy atom. The first-order valence-corrected chi connectivity index (χ1v) is 6.85. The predicted molar refractivity (Wildman–Crippen MR) is 74.7 cm³/mol. The third kappa shape index (κ3) is 2.98. The van der Waals surface area contributed by atoms with Crippen molar-refractivity contribution in [2.75, 3.05) is 30.3 Å². The van der Waals surface area contributed by atoms with Crippen molar-refractivity contribution in [3.63, 3.8) is 0 Å². The molecule has 102 valence electrons. The first-order chi connectivity index (χ1) is 9.31. The fraction of sp³-hybridized carbons (Fsp3) is 0.500. The largest absolute Gasteiger partial charge is 0.482 e. The molecule has 0 spiro atoms. The molecule has 19 heavy (non-hydrogen) atoms. The molecule has 1 saturated heterocycles. The molecule has 2 heterocycles. The Bertz CT molecular complexity index is 468. The van der Waals surface area contributed by atoms with Crippen LogP contribution in [0.4, 0.5) is 11.4 Å². The molecule has 5 heteroatoms. The summed E-state index contributed by atoms with van der Waals surface area (Å²) in [4.78, 5) is 11.3. The Kier molecular flexibility index (Phi) is 3.55. The van der Waals surface area contributed by atoms with Gasteiger partial charge in [0, 0.05) is 11.7 Å². The van der Waals surface area contributed by atoms with Crippen LogP contribution in [0.2, 0.25) is 0 Å². The second-order valence-electron chi connectivity index (χ2n) is 5.07. The Balaban J connectivity index is 1.71. The zero-order valence-corrected chi connectivity index (χ0v) is 10.9. The Hall–Kier alpha value is -1.75. The Morgan fingerprint density at radius 1 is 1.26 bits per heavy atom. The molecule has 0 saturated carbocycles. The van der Waals surface area contributed by atoms with Gasteiger partial charge < -0.3 is 20.7 Å². The fourth-order valence-corrected chi connectivity index (χ4v) is 2.57. The molecule has 1 aromatic carbocycles. The summed E-state index contributed by atoms with van der Waals surface area (Å²) < 4.78 is 5.35. The maximum Gasteiger partial charge on any atom is 0.262 e. The highest BCUT2D eigenvalue weighted by Crippen LogP contribution is 2.31. The van der Waals surface area contributed by atoms with Crippen LogP contribution in [-0.4, -0.2) is 31.6 Å². The number of hydrogen-bond donors (Lipinski definition) is 3. The lowest BCUT2D eigenvalue weighted by molar-refractivity contribution is -0.118. The molecule has 5 nitrogen and oxygen atoms in total. The van der Waals surface area contributed by atoms with Crippen LogP contribution in [0.5, 0.6) is 5.75 Å². The zero-order chi connectivity index (χ0) is 13.1. The van der Waals surface area contributed by atoms with Crippen LogP contribution in [0.25, 0.3) is 0 Å². The quantitative estimate of drug-likeness (QED) is 0.756. The minimum Gasteiger partial charge on any atom is -0.482 e. The molecule has 0 aromatic heterocycles. The third-order valence-corrected chi connectivity index (χ3v) is 3.56. The van der Waals surface area contributed by atoms with Crippen LogP contribution in [0.3, 0.4) is 0 Å². The maximum absolute atomic E-state index is 11.3. The number of rotatable bonds is 2. The van der Waals surface area contributed by atoms with Crippen LogP contribution in [0.1, 0.15) is 19.3 Å². The van der Waals surface area contributed by atoms with Crippen LogP contribution in [-0.2, 0) is 4.79 Å². The third-order valence-electron chi connectivity index (χ3n) is 3.56. The predicted octanol–water partition coefficient (Wildman–Crippen LogP) is 1.57. The van der Waals surface area contributed by atoms with Gasteiger partial charge in [-0.2, -0.15) is 0 Å². The monoisotopic (exact) mass is 261 g/mol. The maximum atomic E-state index is 11.3. The second-order valence-corrected chi connectivity index (χ2v) is 5.07. The molecular formula is C14H19N3O2. The summed E-state index contributed by atoms with van der Waals surface area (Å²) in [5.41, 5.74) is 1.80. The molecule has 1 amide bonds. The fourth-order valence-electron chi connectivity index (χ4n) is 2.57. The van der Waals surface area contributed by atoms with E-state index in [1.54, 1.807) is 0 Å². The van der Waals surface area contributed by atoms with E-state index < -0.39 is 0 Å². The highest BCUT2D eigenvalue weighted by Gasteiger charge is 2.17. The van der Waals surface area contributed by atoms with Gasteiger partial charge in [-0.3, -0.25) is 4.79 Å². The highest BCUT2D eigenvalue weighted by molar-refractivity contribution is 5.96. The van der Waals surface area contributed by atoms with E-state index in [4.69, 9.17) is 4.74 Å². The number of carbonyl (C=O) groups excluding carboxylic acids is 1. The molecule has 0 aliphatic carbocycles. The van der Waals surface area contributed by atoms with Gasteiger partial charge >= 0.3 is 0 Å². The summed E-state index contributed by atoms with van der Waals surface area (Å²) in [6, 6.07) is 6.36. The van der Waals surface area contributed by atoms with E-state index in [2.05, 4.69) is 16.0 Å². The Labute approximate surface area is 112 Å². The van der Waals surface area contributed by atoms with Crippen molar-refractivity contribution in [2.45, 2.75) is 25.3 Å². The lowest BCUT2D eigenvalue weighted by Crippen LogP contribution is -2.26. The summed E-state index contributed by atoms with van der Waals surface area (Å²) in [5.74, 6) is 0.649. The molecular weight excluding hydrogens is 242 g/mol. The number of carbonyl (C=O) groups is 1. The van der Waals surface area contributed by atoms with Gasteiger partial charge in [0.1, 0.15) is 5.75 Å². The lowest BCUT2D eigenvalue weighted by Gasteiger charge is -2.21. The average molecular weight is 261 g/mol. The van der Waals surface area contributed by atoms with Crippen molar-refractivity contribution in [3.05, 3.63) is 18.2 Å². The van der Waals surface area contributed by atoms with Gasteiger partial charge in [-0.15, -0.1) is 0 Å². The van der Waals surface area contributed by atoms with E-state index in [1.165, 1.54) is 12.8 Å². The Morgan fingerprint density at radius 3 is 3.16 bits per heavy atom. The summed E-state index contributed by atoms with van der Waals surface area (Å²) in [6.07, 6.45) is 3.50. The van der Waals surface area contributed by atoms with Crippen LogP contribution < -0.4 is 20.7 Å². The van der Waals surface area contributed by atoms with Gasteiger partial charge in [0.15, 0.2) is 6.61 Å². The molecule has 1 atom stereocenters. The summed E-state index contributed by atoms with van der Waals surface area (Å²) >= 11 is 0. The van der Waals surface area contributed by atoms with E-state index in [9.17, 15) is 4.79 Å². The van der Waals surface area contributed by atoms with Gasteiger partial charge in [0.25, 0.3) is 5.91 Å². The van der Waals surface area contributed by atoms with Crippen molar-refractivity contribution in [2.24, 2.45) is 0 Å². The SMILES string of the molecule is O=C1COc2ccc(NC3CCCNCC3)cc2N1. The number of fused-ring (bicyclic) bond motifs is 1. The molecule has 2 aliphatic rings. The topological polar surface area (TPSA) is 62.4 Å². The van der Waals surface area contributed by atoms with E-state index in [0.717, 1.165) is 36.6 Å². The van der Waals surface area contributed by atoms with Crippen molar-refractivity contribution >= 4 is 17.3 Å². The first kappa shape index (κ1) is 12.3. The molecule has 0 radical (unpaired) electrons. The van der Waals surface area contributed by atoms with Gasteiger partial charge in [0.05, 0.1) is 5.69 Å². The number of amides is 1. The van der Waals surface area contributed by atoms with Gasteiger partial charge in [-0.25, -0.2) is 0 Å². The number of anilines is 2. The van der Waals surface area contributed by atoms with E-state index in [1.807, 2.05) is 18.2 Å². The van der Waals surface area contributed by atoms with Crippen molar-refractivity contribution in [3.8, 4) is 5.75 Å². The van der Waals surface area contributed by atoms with E-state index >= 15 is 0 Å². The van der Waals surface area contributed by atoms with E-state index in [0.29, 0.717) is 6.04 Å². The second kappa shape index (κ2) is 5.48. The number of benzene rings is 1. The van der Waals surface area contributed by atoms with Crippen molar-refractivity contribution in [1.29, 1.82) is 0 Å². The zero-order valence-electron chi connectivity index (χ0n) is 10.9. The molecule has 1 aromatic rings. The van der Waals surface area contributed by atoms with Gasteiger partial charge in [-0.1, -0.05) is 0 Å². The van der Waals surface area contributed by atoms with Crippen LogP contribution in [0.15, 0.2) is 18.2 Å². The number of nitrogens with one attached hydrogen (secondary N) is 3. The van der Waals surface area contributed by atoms with Crippen LogP contribution >= 0.6 is 0 Å². The number of hydrogen-bond acceptors (Lipinski definition) is 4. The standard InChI is InChI=1S/C14H19N3O2/c18-14-9-19-13-4-3-11(8-12(13)17-14)16-10-2-1-6-15-7-5-10/h3-4,8,10,15-16H,1-2,5-7,9H2,(H,17,18). The molecule has 3 N–H and O–H groups in total. The first-order valence-electron chi connectivity index (χ1n) is 6.85. The minimum absolute atomic E-state index is 0.0942. The average Bonchev–Trinajstić information content (AvgIpc) is 2.67. The lowest BCUT2D eigenvalue weighted by atomic mass is 10.1. The molecule has 2 aliphatic heterocycles. The summed E-state index contributed by atoms with van der Waals surface area (Å²) in [6.45, 7) is 2.27. The van der Waals surface area contributed by atoms with Gasteiger partial charge in [0.2, 0.25) is 0 Å². The normalized spacial score (nSPS) is 22.7. The summed E-state index contributed by atoms with van der Waals surface area (Å²) in [5, 5.41) is 9.77. The molecule has 3 rings (SSSR count). The summed E-state index contributed by atoms with van der Waals surface area (Å²) in [7, 11) is 0. The van der Waals surface area contributed by atoms with Crippen molar-refractivity contribution < 1.29 is 9.53 Å². The minimum atomic E-state index is -0.0942. The molecule has 1 unspecified atom stereocenters. The highest BCUT2D eigenvalue weighted by atomic mass is 16.5. The van der Waals surface area contributed by atoms with E-state index in [-0.39, 0.29) is 12.5 Å². The van der Waals surface area contributed by atoms with Crippen LogP contribution in [0, 0.1) is 0 Å². The molecule has 0 bridgehead atoms. The smallest absolute Gasteiger partial charge is 0.262 e. The van der Waals surface area contributed by atoms with Crippen molar-refractivity contribution in [1.82, 2.24) is 5.32 Å². The molecule has 1 fully saturated rings.